The lowest BCUT2D eigenvalue weighted by molar-refractivity contribution is 0.226. The van der Waals surface area contributed by atoms with Gasteiger partial charge < -0.3 is 20.4 Å². The fourth-order valence-electron chi connectivity index (χ4n) is 4.88. The van der Waals surface area contributed by atoms with Gasteiger partial charge in [0.25, 0.3) is 0 Å². The van der Waals surface area contributed by atoms with E-state index in [4.69, 9.17) is 4.74 Å². The maximum absolute atomic E-state index is 12.4. The first-order valence-electron chi connectivity index (χ1n) is 10.4. The van der Waals surface area contributed by atoms with Crippen LogP contribution in [0.3, 0.4) is 0 Å². The van der Waals surface area contributed by atoms with Crippen LogP contribution in [0.25, 0.3) is 10.9 Å². The zero-order valence-corrected chi connectivity index (χ0v) is 16.8. The van der Waals surface area contributed by atoms with E-state index in [1.54, 1.807) is 13.2 Å². The molecule has 0 spiro atoms. The summed E-state index contributed by atoms with van der Waals surface area (Å²) in [6.45, 7) is 1.23. The predicted octanol–water partition coefficient (Wildman–Crippen LogP) is 3.09. The number of carbonyl (C=O) groups is 1. The second kappa shape index (κ2) is 8.70. The highest BCUT2D eigenvalue weighted by Crippen LogP contribution is 2.32. The molecule has 1 aromatic carbocycles. The van der Waals surface area contributed by atoms with Crippen molar-refractivity contribution in [3.63, 3.8) is 0 Å². The molecule has 0 aliphatic heterocycles. The van der Waals surface area contributed by atoms with Gasteiger partial charge in [-0.15, -0.1) is 0 Å². The lowest BCUT2D eigenvalue weighted by Crippen LogP contribution is -2.44. The number of ether oxygens (including phenoxy) is 1. The van der Waals surface area contributed by atoms with Crippen molar-refractivity contribution in [2.75, 3.05) is 20.2 Å². The Morgan fingerprint density at radius 3 is 3.00 bits per heavy atom. The van der Waals surface area contributed by atoms with Gasteiger partial charge in [-0.05, 0) is 61.3 Å². The van der Waals surface area contributed by atoms with Crippen molar-refractivity contribution in [2.24, 2.45) is 16.8 Å². The van der Waals surface area contributed by atoms with E-state index in [0.29, 0.717) is 24.9 Å². The van der Waals surface area contributed by atoms with Crippen LogP contribution in [0.2, 0.25) is 0 Å². The zero-order valence-electron chi connectivity index (χ0n) is 16.8. The molecule has 3 atom stereocenters. The molecule has 2 aliphatic carbocycles. The summed E-state index contributed by atoms with van der Waals surface area (Å²) in [6, 6.07) is 6.06. The van der Waals surface area contributed by atoms with Gasteiger partial charge in [0.15, 0.2) is 0 Å². The van der Waals surface area contributed by atoms with Gasteiger partial charge >= 0.3 is 6.03 Å². The number of aromatic nitrogens is 1. The van der Waals surface area contributed by atoms with Gasteiger partial charge in [-0.2, -0.15) is 0 Å². The molecule has 0 radical (unpaired) electrons. The highest BCUT2D eigenvalue weighted by Gasteiger charge is 2.27. The van der Waals surface area contributed by atoms with E-state index in [2.05, 4.69) is 26.7 Å². The molecule has 7 nitrogen and oxygen atoms in total. The number of hydrogen-bond donors (Lipinski definition) is 3. The molecule has 3 N–H and O–H groups in total. The molecule has 0 bridgehead atoms. The van der Waals surface area contributed by atoms with Gasteiger partial charge in [-0.25, -0.2) is 14.6 Å². The molecule has 1 heterocycles. The number of methoxy groups -OCH3 is 1. The Balaban J connectivity index is 1.27. The first-order valence-corrected chi connectivity index (χ1v) is 10.4. The van der Waals surface area contributed by atoms with Crippen LogP contribution in [0.15, 0.2) is 23.2 Å². The van der Waals surface area contributed by atoms with Crippen LogP contribution in [0.5, 0.6) is 5.75 Å². The molecule has 2 amide bonds. The van der Waals surface area contributed by atoms with Crippen molar-refractivity contribution in [1.82, 2.24) is 15.6 Å². The number of isocyanates is 1. The van der Waals surface area contributed by atoms with Crippen molar-refractivity contribution in [2.45, 2.75) is 44.6 Å². The molecule has 1 saturated carbocycles. The average Bonchev–Trinajstić information content (AvgIpc) is 3.27. The number of carbonyl (C=O) groups excluding carboxylic acids is 2. The van der Waals surface area contributed by atoms with Gasteiger partial charge in [0.2, 0.25) is 6.08 Å². The number of rotatable bonds is 6. The third kappa shape index (κ3) is 4.46. The van der Waals surface area contributed by atoms with Gasteiger partial charge in [0.1, 0.15) is 5.75 Å². The molecule has 1 fully saturated rings. The van der Waals surface area contributed by atoms with E-state index < -0.39 is 0 Å². The maximum Gasteiger partial charge on any atom is 0.315 e. The number of benzene rings is 1. The van der Waals surface area contributed by atoms with Crippen molar-refractivity contribution in [3.05, 3.63) is 29.5 Å². The number of aromatic amines is 1. The van der Waals surface area contributed by atoms with Crippen LogP contribution < -0.4 is 15.4 Å². The Morgan fingerprint density at radius 2 is 2.17 bits per heavy atom. The lowest BCUT2D eigenvalue weighted by atomic mass is 9.81. The topological polar surface area (TPSA) is 95.6 Å². The molecule has 4 rings (SSSR count). The number of amides is 2. The summed E-state index contributed by atoms with van der Waals surface area (Å²) in [5.74, 6) is 1.73. The normalized spacial score (nSPS) is 23.3. The summed E-state index contributed by atoms with van der Waals surface area (Å²) in [6.07, 6.45) is 7.62. The van der Waals surface area contributed by atoms with E-state index in [1.165, 1.54) is 16.6 Å². The van der Waals surface area contributed by atoms with Crippen LogP contribution in [-0.2, 0) is 17.6 Å². The quantitative estimate of drug-likeness (QED) is 0.517. The van der Waals surface area contributed by atoms with E-state index >= 15 is 0 Å². The molecular formula is C22H28N4O3. The molecule has 154 valence electrons. The summed E-state index contributed by atoms with van der Waals surface area (Å²) in [5, 5.41) is 7.34. The maximum atomic E-state index is 12.4. The molecule has 2 aliphatic rings. The van der Waals surface area contributed by atoms with Crippen LogP contribution in [0, 0.1) is 11.8 Å². The zero-order chi connectivity index (χ0) is 20.2. The molecule has 29 heavy (non-hydrogen) atoms. The largest absolute Gasteiger partial charge is 0.497 e. The van der Waals surface area contributed by atoms with Gasteiger partial charge in [-0.1, -0.05) is 6.42 Å². The molecule has 0 saturated heterocycles. The molecule has 7 heteroatoms. The minimum Gasteiger partial charge on any atom is -0.497 e. The van der Waals surface area contributed by atoms with Crippen molar-refractivity contribution >= 4 is 23.0 Å². The minimum atomic E-state index is -0.102. The monoisotopic (exact) mass is 396 g/mol. The van der Waals surface area contributed by atoms with E-state index in [1.807, 2.05) is 12.1 Å². The fraction of sp³-hybridized carbons (Fsp3) is 0.545. The standard InChI is InChI=1S/C22H28N4O3/c1-29-17-5-6-20-19(10-17)18-8-16(9-21(18)26-20)25-22(28)24-12-15-4-2-3-14(7-15)11-23-13-27/h5-6,10,14-16,26H,2-4,7-9,11-12H2,1H3,(H2,24,25,28). The lowest BCUT2D eigenvalue weighted by Gasteiger charge is -2.28. The average molecular weight is 396 g/mol. The first kappa shape index (κ1) is 19.5. The third-order valence-corrected chi connectivity index (χ3v) is 6.29. The smallest absolute Gasteiger partial charge is 0.315 e. The number of urea groups is 1. The third-order valence-electron chi connectivity index (χ3n) is 6.29. The second-order valence-electron chi connectivity index (χ2n) is 8.28. The van der Waals surface area contributed by atoms with E-state index in [0.717, 1.165) is 49.8 Å². The highest BCUT2D eigenvalue weighted by atomic mass is 16.5. The van der Waals surface area contributed by atoms with Gasteiger partial charge in [0.05, 0.1) is 13.7 Å². The SMILES string of the molecule is COc1ccc2[nH]c3c(c2c1)CC(NC(=O)NCC1CCCC(CN=C=O)C1)C3. The summed E-state index contributed by atoms with van der Waals surface area (Å²) in [7, 11) is 1.67. The van der Waals surface area contributed by atoms with Crippen molar-refractivity contribution < 1.29 is 14.3 Å². The Hall–Kier alpha value is -2.79. The molecular weight excluding hydrogens is 368 g/mol. The number of aliphatic imine (C=N–C) groups is 1. The second-order valence-corrected chi connectivity index (χ2v) is 8.28. The Kier molecular flexibility index (Phi) is 5.86. The summed E-state index contributed by atoms with van der Waals surface area (Å²) in [5.41, 5.74) is 3.59. The Labute approximate surface area is 170 Å². The van der Waals surface area contributed by atoms with Gasteiger partial charge in [0, 0.05) is 35.6 Å². The number of nitrogens with zero attached hydrogens (tertiary/aromatic N) is 1. The number of nitrogens with one attached hydrogen (secondary N) is 3. The first-order chi connectivity index (χ1) is 14.2. The number of H-pyrrole nitrogens is 1. The Morgan fingerprint density at radius 1 is 1.31 bits per heavy atom. The predicted molar refractivity (Wildman–Crippen MR) is 111 cm³/mol. The Bertz CT molecular complexity index is 932. The van der Waals surface area contributed by atoms with Crippen LogP contribution in [-0.4, -0.2) is 43.3 Å². The molecule has 1 aromatic heterocycles. The molecule has 2 aromatic rings. The van der Waals surface area contributed by atoms with Crippen LogP contribution >= 0.6 is 0 Å². The van der Waals surface area contributed by atoms with E-state index in [-0.39, 0.29) is 12.1 Å². The highest BCUT2D eigenvalue weighted by molar-refractivity contribution is 5.87. The summed E-state index contributed by atoms with van der Waals surface area (Å²) < 4.78 is 5.34. The number of fused-ring (bicyclic) bond motifs is 3. The minimum absolute atomic E-state index is 0.102. The summed E-state index contributed by atoms with van der Waals surface area (Å²) in [4.78, 5) is 29.9. The molecule has 3 unspecified atom stereocenters. The number of hydrogen-bond acceptors (Lipinski definition) is 4. The van der Waals surface area contributed by atoms with Crippen LogP contribution in [0.1, 0.15) is 36.9 Å². The van der Waals surface area contributed by atoms with E-state index in [9.17, 15) is 9.59 Å². The van der Waals surface area contributed by atoms with Gasteiger partial charge in [-0.3, -0.25) is 0 Å². The fourth-order valence-corrected chi connectivity index (χ4v) is 4.88. The summed E-state index contributed by atoms with van der Waals surface area (Å²) >= 11 is 0. The van der Waals surface area contributed by atoms with Crippen molar-refractivity contribution in [3.8, 4) is 5.75 Å². The van der Waals surface area contributed by atoms with Crippen molar-refractivity contribution in [1.29, 1.82) is 0 Å². The van der Waals surface area contributed by atoms with Crippen LogP contribution in [0.4, 0.5) is 4.79 Å².